The number of nitro groups is 1. The summed E-state index contributed by atoms with van der Waals surface area (Å²) in [5, 5.41) is 13.8. The maximum absolute atomic E-state index is 13.3. The van der Waals surface area contributed by atoms with Crippen molar-refractivity contribution in [2.45, 2.75) is 31.8 Å². The summed E-state index contributed by atoms with van der Waals surface area (Å²) >= 11 is 0. The molecule has 0 aromatic heterocycles. The SMILES string of the molecule is CCN(CC)S(=O)(=O)c1ccc(OC(C)C(=O)Nc2ccc(F)c(F)c2)c([N+](=O)[O-])c1. The average Bonchev–Trinajstić information content (AvgIpc) is 2.71. The molecule has 0 aliphatic rings. The zero-order valence-corrected chi connectivity index (χ0v) is 17.8. The molecule has 12 heteroatoms. The molecule has 9 nitrogen and oxygen atoms in total. The van der Waals surface area contributed by atoms with Gasteiger partial charge in [0.05, 0.1) is 9.82 Å². The van der Waals surface area contributed by atoms with Crippen LogP contribution < -0.4 is 10.1 Å². The van der Waals surface area contributed by atoms with Crippen LogP contribution in [0.1, 0.15) is 20.8 Å². The Kier molecular flexibility index (Phi) is 7.63. The van der Waals surface area contributed by atoms with E-state index in [0.717, 1.165) is 40.7 Å². The average molecular weight is 457 g/mol. The van der Waals surface area contributed by atoms with E-state index in [4.69, 9.17) is 4.74 Å². The van der Waals surface area contributed by atoms with E-state index in [9.17, 15) is 32.1 Å². The number of carbonyl (C=O) groups is 1. The molecule has 31 heavy (non-hydrogen) atoms. The number of sulfonamides is 1. The Morgan fingerprint density at radius 1 is 1.16 bits per heavy atom. The number of nitrogens with zero attached hydrogens (tertiary/aromatic N) is 2. The molecule has 0 bridgehead atoms. The molecule has 0 fully saturated rings. The molecule has 1 N–H and O–H groups in total. The molecule has 0 saturated heterocycles. The van der Waals surface area contributed by atoms with Gasteiger partial charge in [0.25, 0.3) is 5.91 Å². The van der Waals surface area contributed by atoms with E-state index >= 15 is 0 Å². The van der Waals surface area contributed by atoms with Crippen molar-refractivity contribution in [3.8, 4) is 5.75 Å². The number of carbonyl (C=O) groups excluding carboxylic acids is 1. The fourth-order valence-electron chi connectivity index (χ4n) is 2.67. The van der Waals surface area contributed by atoms with E-state index in [1.165, 1.54) is 6.92 Å². The first-order valence-corrected chi connectivity index (χ1v) is 10.7. The lowest BCUT2D eigenvalue weighted by molar-refractivity contribution is -0.386. The summed E-state index contributed by atoms with van der Waals surface area (Å²) in [5.41, 5.74) is -0.671. The molecule has 1 unspecified atom stereocenters. The number of amides is 1. The van der Waals surface area contributed by atoms with Crippen LogP contribution in [0.15, 0.2) is 41.3 Å². The van der Waals surface area contributed by atoms with E-state index in [1.807, 2.05) is 0 Å². The monoisotopic (exact) mass is 457 g/mol. The molecule has 168 valence electrons. The van der Waals surface area contributed by atoms with E-state index in [2.05, 4.69) is 5.32 Å². The number of nitrogens with one attached hydrogen (secondary N) is 1. The molecule has 2 aromatic carbocycles. The largest absolute Gasteiger partial charge is 0.474 e. The molecule has 1 atom stereocenters. The summed E-state index contributed by atoms with van der Waals surface area (Å²) in [7, 11) is -3.94. The van der Waals surface area contributed by atoms with E-state index < -0.39 is 44.3 Å². The summed E-state index contributed by atoms with van der Waals surface area (Å²) in [6.07, 6.45) is -1.27. The van der Waals surface area contributed by atoms with Crippen LogP contribution in [0, 0.1) is 21.7 Å². The molecule has 0 spiro atoms. The van der Waals surface area contributed by atoms with Crippen LogP contribution in [0.4, 0.5) is 20.2 Å². The molecular weight excluding hydrogens is 436 g/mol. The van der Waals surface area contributed by atoms with Crippen LogP contribution in [0.2, 0.25) is 0 Å². The second-order valence-electron chi connectivity index (χ2n) is 6.35. The highest BCUT2D eigenvalue weighted by atomic mass is 32.2. The van der Waals surface area contributed by atoms with Gasteiger partial charge in [-0.25, -0.2) is 17.2 Å². The Hall–Kier alpha value is -3.12. The Bertz CT molecular complexity index is 1090. The maximum atomic E-state index is 13.3. The van der Waals surface area contributed by atoms with Gasteiger partial charge in [-0.3, -0.25) is 14.9 Å². The van der Waals surface area contributed by atoms with Gasteiger partial charge in [0.2, 0.25) is 10.0 Å². The summed E-state index contributed by atoms with van der Waals surface area (Å²) in [6.45, 7) is 4.94. The highest BCUT2D eigenvalue weighted by Gasteiger charge is 2.28. The topological polar surface area (TPSA) is 119 Å². The zero-order chi connectivity index (χ0) is 23.3. The van der Waals surface area contributed by atoms with Crippen molar-refractivity contribution >= 4 is 27.3 Å². The summed E-state index contributed by atoms with van der Waals surface area (Å²) in [4.78, 5) is 22.6. The number of halogens is 2. The normalized spacial score (nSPS) is 12.5. The molecule has 2 aromatic rings. The molecule has 2 rings (SSSR count). The van der Waals surface area contributed by atoms with Gasteiger partial charge in [0.15, 0.2) is 23.5 Å². The van der Waals surface area contributed by atoms with Gasteiger partial charge in [0, 0.05) is 30.9 Å². The van der Waals surface area contributed by atoms with Gasteiger partial charge in [-0.1, -0.05) is 13.8 Å². The van der Waals surface area contributed by atoms with Gasteiger partial charge >= 0.3 is 5.69 Å². The molecule has 0 heterocycles. The van der Waals surface area contributed by atoms with Crippen molar-refractivity contribution in [3.05, 3.63) is 58.1 Å². The Morgan fingerprint density at radius 3 is 2.35 bits per heavy atom. The molecular formula is C19H21F2N3O6S. The number of hydrogen-bond donors (Lipinski definition) is 1. The van der Waals surface area contributed by atoms with Crippen LogP contribution in [0.3, 0.4) is 0 Å². The fourth-order valence-corrected chi connectivity index (χ4v) is 4.15. The minimum atomic E-state index is -3.94. The number of anilines is 1. The summed E-state index contributed by atoms with van der Waals surface area (Å²) in [5.74, 6) is -3.35. The number of rotatable bonds is 9. The zero-order valence-electron chi connectivity index (χ0n) is 17.0. The molecule has 0 radical (unpaired) electrons. The van der Waals surface area contributed by atoms with Crippen LogP contribution in [0.5, 0.6) is 5.75 Å². The number of benzene rings is 2. The molecule has 0 aliphatic heterocycles. The van der Waals surface area contributed by atoms with Crippen molar-refractivity contribution in [1.29, 1.82) is 0 Å². The second-order valence-corrected chi connectivity index (χ2v) is 8.29. The first kappa shape index (κ1) is 24.2. The van der Waals surface area contributed by atoms with Crippen LogP contribution >= 0.6 is 0 Å². The van der Waals surface area contributed by atoms with Gasteiger partial charge in [-0.15, -0.1) is 0 Å². The van der Waals surface area contributed by atoms with Crippen molar-refractivity contribution in [3.63, 3.8) is 0 Å². The minimum Gasteiger partial charge on any atom is -0.474 e. The van der Waals surface area contributed by atoms with Gasteiger partial charge in [-0.2, -0.15) is 4.31 Å². The standard InChI is InChI=1S/C19H21F2N3O6S/c1-4-23(5-2)31(28,29)14-7-9-18(17(11-14)24(26)27)30-12(3)19(25)22-13-6-8-15(20)16(21)10-13/h6-12H,4-5H2,1-3H3,(H,22,25). The maximum Gasteiger partial charge on any atom is 0.312 e. The third-order valence-corrected chi connectivity index (χ3v) is 6.38. The Morgan fingerprint density at radius 2 is 1.81 bits per heavy atom. The van der Waals surface area contributed by atoms with Crippen molar-refractivity contribution in [2.24, 2.45) is 0 Å². The molecule has 0 saturated carbocycles. The summed E-state index contributed by atoms with van der Waals surface area (Å²) in [6, 6.07) is 5.85. The highest BCUT2D eigenvalue weighted by Crippen LogP contribution is 2.31. The smallest absolute Gasteiger partial charge is 0.312 e. The second kappa shape index (κ2) is 9.79. The van der Waals surface area contributed by atoms with Crippen LogP contribution in [-0.2, 0) is 14.8 Å². The Balaban J connectivity index is 2.26. The van der Waals surface area contributed by atoms with Gasteiger partial charge < -0.3 is 10.1 Å². The Labute approximate surface area is 177 Å². The lowest BCUT2D eigenvalue weighted by Gasteiger charge is -2.19. The van der Waals surface area contributed by atoms with E-state index in [-0.39, 0.29) is 29.4 Å². The number of ether oxygens (including phenoxy) is 1. The summed E-state index contributed by atoms with van der Waals surface area (Å²) < 4.78 is 58.0. The van der Waals surface area contributed by atoms with Crippen LogP contribution in [-0.4, -0.2) is 42.7 Å². The van der Waals surface area contributed by atoms with Crippen molar-refractivity contribution in [2.75, 3.05) is 18.4 Å². The third-order valence-electron chi connectivity index (χ3n) is 4.33. The number of nitro benzene ring substituents is 1. The molecule has 0 aliphatic carbocycles. The van der Waals surface area contributed by atoms with Crippen molar-refractivity contribution in [1.82, 2.24) is 4.31 Å². The molecule has 1 amide bonds. The van der Waals surface area contributed by atoms with Crippen LogP contribution in [0.25, 0.3) is 0 Å². The van der Waals surface area contributed by atoms with E-state index in [1.54, 1.807) is 13.8 Å². The van der Waals surface area contributed by atoms with Gasteiger partial charge in [0.1, 0.15) is 0 Å². The third kappa shape index (κ3) is 5.52. The minimum absolute atomic E-state index is 0.0329. The predicted molar refractivity (Wildman–Crippen MR) is 108 cm³/mol. The lowest BCUT2D eigenvalue weighted by Crippen LogP contribution is -2.31. The van der Waals surface area contributed by atoms with Gasteiger partial charge in [-0.05, 0) is 31.2 Å². The number of hydrogen-bond acceptors (Lipinski definition) is 6. The lowest BCUT2D eigenvalue weighted by atomic mass is 10.2. The first-order chi connectivity index (χ1) is 14.5. The first-order valence-electron chi connectivity index (χ1n) is 9.22. The quantitative estimate of drug-likeness (QED) is 0.456. The van der Waals surface area contributed by atoms with Crippen molar-refractivity contribution < 1.29 is 31.7 Å². The van der Waals surface area contributed by atoms with E-state index in [0.29, 0.717) is 0 Å². The highest BCUT2D eigenvalue weighted by molar-refractivity contribution is 7.89. The fraction of sp³-hybridized carbons (Fsp3) is 0.316. The predicted octanol–water partition coefficient (Wildman–Crippen LogP) is 3.31.